The normalized spacial score (nSPS) is 23.6. The molecule has 1 rings (SSSR count). The van der Waals surface area contributed by atoms with Gasteiger partial charge in [0.05, 0.1) is 19.4 Å². The van der Waals surface area contributed by atoms with E-state index in [-0.39, 0.29) is 24.8 Å². The summed E-state index contributed by atoms with van der Waals surface area (Å²) in [5, 5.41) is 0. The highest BCUT2D eigenvalue weighted by Gasteiger charge is 2.24. The largest absolute Gasteiger partial charge is 0.466 e. The number of esters is 2. The maximum absolute atomic E-state index is 11.2. The molecule has 0 radical (unpaired) electrons. The van der Waals surface area contributed by atoms with E-state index in [0.29, 0.717) is 13.0 Å². The van der Waals surface area contributed by atoms with Gasteiger partial charge in [-0.3, -0.25) is 9.59 Å². The van der Waals surface area contributed by atoms with Gasteiger partial charge in [-0.2, -0.15) is 0 Å². The third-order valence-corrected chi connectivity index (χ3v) is 2.11. The molecular formula is C10H16O4. The molecule has 0 N–H and O–H groups in total. The quantitative estimate of drug-likeness (QED) is 0.555. The Kier molecular flexibility index (Phi) is 3.49. The maximum Gasteiger partial charge on any atom is 0.306 e. The zero-order valence-corrected chi connectivity index (χ0v) is 8.67. The molecule has 1 aliphatic heterocycles. The Hall–Kier alpha value is -1.06. The molecule has 1 saturated heterocycles. The van der Waals surface area contributed by atoms with Crippen LogP contribution in [0.5, 0.6) is 0 Å². The molecule has 1 heterocycles. The highest BCUT2D eigenvalue weighted by atomic mass is 16.6. The first-order chi connectivity index (χ1) is 6.49. The van der Waals surface area contributed by atoms with Crippen LogP contribution in [0.1, 0.15) is 39.5 Å². The minimum absolute atomic E-state index is 0.113. The highest BCUT2D eigenvalue weighted by Crippen LogP contribution is 2.19. The van der Waals surface area contributed by atoms with Gasteiger partial charge in [0.15, 0.2) is 0 Å². The van der Waals surface area contributed by atoms with Crippen molar-refractivity contribution < 1.29 is 19.1 Å². The van der Waals surface area contributed by atoms with Crippen molar-refractivity contribution in [2.75, 3.05) is 6.61 Å². The van der Waals surface area contributed by atoms with Crippen LogP contribution in [-0.2, 0) is 19.1 Å². The maximum atomic E-state index is 11.2. The minimum atomic E-state index is -0.444. The van der Waals surface area contributed by atoms with Crippen LogP contribution in [0.15, 0.2) is 0 Å². The molecule has 14 heavy (non-hydrogen) atoms. The van der Waals surface area contributed by atoms with E-state index in [0.717, 1.165) is 6.42 Å². The molecule has 0 unspecified atom stereocenters. The second kappa shape index (κ2) is 4.44. The summed E-state index contributed by atoms with van der Waals surface area (Å²) in [6.07, 6.45) is 1.68. The van der Waals surface area contributed by atoms with Crippen molar-refractivity contribution in [1.82, 2.24) is 0 Å². The van der Waals surface area contributed by atoms with E-state index in [1.807, 2.05) is 13.8 Å². The first kappa shape index (κ1) is 11.0. The second-order valence-corrected chi connectivity index (χ2v) is 4.06. The Morgan fingerprint density at radius 2 is 1.79 bits per heavy atom. The van der Waals surface area contributed by atoms with Gasteiger partial charge < -0.3 is 9.47 Å². The average molecular weight is 200 g/mol. The van der Waals surface area contributed by atoms with Crippen LogP contribution in [0.25, 0.3) is 0 Å². The summed E-state index contributed by atoms with van der Waals surface area (Å²) in [5.74, 6) is -0.643. The van der Waals surface area contributed by atoms with Crippen molar-refractivity contribution in [2.24, 2.45) is 0 Å². The third kappa shape index (κ3) is 3.77. The number of carbonyl (C=O) groups excluding carboxylic acids is 2. The Balaban J connectivity index is 2.54. The number of cyclic esters (lactones) is 2. The minimum Gasteiger partial charge on any atom is -0.466 e. The fourth-order valence-electron chi connectivity index (χ4n) is 1.37. The second-order valence-electron chi connectivity index (χ2n) is 4.06. The van der Waals surface area contributed by atoms with Crippen LogP contribution in [-0.4, -0.2) is 24.1 Å². The van der Waals surface area contributed by atoms with Gasteiger partial charge in [0.25, 0.3) is 0 Å². The molecule has 0 aromatic rings. The van der Waals surface area contributed by atoms with E-state index in [1.54, 1.807) is 0 Å². The molecule has 0 saturated carbocycles. The van der Waals surface area contributed by atoms with Gasteiger partial charge in [-0.25, -0.2) is 0 Å². The van der Waals surface area contributed by atoms with Crippen LogP contribution < -0.4 is 0 Å². The SMILES string of the molecule is CC1(C)CCCOC(=O)CCC(=O)O1. The number of hydrogen-bond donors (Lipinski definition) is 0. The van der Waals surface area contributed by atoms with Crippen molar-refractivity contribution in [3.8, 4) is 0 Å². The van der Waals surface area contributed by atoms with Crippen LogP contribution >= 0.6 is 0 Å². The summed E-state index contributed by atoms with van der Waals surface area (Å²) in [6, 6.07) is 0. The molecule has 0 aliphatic carbocycles. The standard InChI is InChI=1S/C10H16O4/c1-10(2)6-3-7-13-8(11)4-5-9(12)14-10/h3-7H2,1-2H3. The number of carbonyl (C=O) groups is 2. The molecule has 80 valence electrons. The summed E-state index contributed by atoms with van der Waals surface area (Å²) in [4.78, 5) is 22.2. The first-order valence-electron chi connectivity index (χ1n) is 4.87. The van der Waals surface area contributed by atoms with Crippen LogP contribution in [0.4, 0.5) is 0 Å². The summed E-state index contributed by atoms with van der Waals surface area (Å²) < 4.78 is 10.1. The zero-order chi connectivity index (χ0) is 10.6. The predicted octanol–water partition coefficient (Wildman–Crippen LogP) is 1.43. The molecule has 0 atom stereocenters. The van der Waals surface area contributed by atoms with Crippen molar-refractivity contribution in [3.63, 3.8) is 0 Å². The lowest BCUT2D eigenvalue weighted by Crippen LogP contribution is -2.29. The Morgan fingerprint density at radius 1 is 1.14 bits per heavy atom. The Bertz CT molecular complexity index is 232. The molecule has 4 nitrogen and oxygen atoms in total. The summed E-state index contributed by atoms with van der Waals surface area (Å²) in [6.45, 7) is 4.16. The average Bonchev–Trinajstić information content (AvgIpc) is 2.07. The topological polar surface area (TPSA) is 52.6 Å². The molecule has 4 heteroatoms. The zero-order valence-electron chi connectivity index (χ0n) is 8.67. The van der Waals surface area contributed by atoms with Crippen molar-refractivity contribution in [3.05, 3.63) is 0 Å². The predicted molar refractivity (Wildman–Crippen MR) is 49.6 cm³/mol. The highest BCUT2D eigenvalue weighted by molar-refractivity contribution is 5.77. The number of hydrogen-bond acceptors (Lipinski definition) is 4. The molecule has 1 fully saturated rings. The van der Waals surface area contributed by atoms with Crippen molar-refractivity contribution in [2.45, 2.75) is 45.1 Å². The molecular weight excluding hydrogens is 184 g/mol. The number of rotatable bonds is 0. The fourth-order valence-corrected chi connectivity index (χ4v) is 1.37. The first-order valence-corrected chi connectivity index (χ1v) is 4.87. The lowest BCUT2D eigenvalue weighted by atomic mass is 10.0. The van der Waals surface area contributed by atoms with Gasteiger partial charge in [0.2, 0.25) is 0 Å². The van der Waals surface area contributed by atoms with Gasteiger partial charge in [0.1, 0.15) is 5.60 Å². The van der Waals surface area contributed by atoms with Crippen LogP contribution in [0.2, 0.25) is 0 Å². The van der Waals surface area contributed by atoms with Gasteiger partial charge in [-0.1, -0.05) is 0 Å². The van der Waals surface area contributed by atoms with E-state index in [2.05, 4.69) is 0 Å². The van der Waals surface area contributed by atoms with Crippen LogP contribution in [0, 0.1) is 0 Å². The third-order valence-electron chi connectivity index (χ3n) is 2.11. The lowest BCUT2D eigenvalue weighted by molar-refractivity contribution is -0.162. The monoisotopic (exact) mass is 200 g/mol. The van der Waals surface area contributed by atoms with E-state index in [4.69, 9.17) is 9.47 Å². The Morgan fingerprint density at radius 3 is 2.50 bits per heavy atom. The molecule has 0 spiro atoms. The van der Waals surface area contributed by atoms with E-state index >= 15 is 0 Å². The van der Waals surface area contributed by atoms with Gasteiger partial charge in [-0.15, -0.1) is 0 Å². The van der Waals surface area contributed by atoms with Gasteiger partial charge in [0, 0.05) is 0 Å². The smallest absolute Gasteiger partial charge is 0.306 e. The van der Waals surface area contributed by atoms with E-state index in [1.165, 1.54) is 0 Å². The lowest BCUT2D eigenvalue weighted by Gasteiger charge is -2.25. The van der Waals surface area contributed by atoms with Gasteiger partial charge >= 0.3 is 11.9 Å². The molecule has 0 bridgehead atoms. The Labute approximate surface area is 83.6 Å². The van der Waals surface area contributed by atoms with Crippen LogP contribution in [0.3, 0.4) is 0 Å². The van der Waals surface area contributed by atoms with Crippen molar-refractivity contribution >= 4 is 11.9 Å². The fraction of sp³-hybridized carbons (Fsp3) is 0.800. The molecule has 1 aliphatic rings. The van der Waals surface area contributed by atoms with E-state index < -0.39 is 5.60 Å². The summed E-state index contributed by atoms with van der Waals surface area (Å²) in [5.41, 5.74) is -0.444. The summed E-state index contributed by atoms with van der Waals surface area (Å²) in [7, 11) is 0. The summed E-state index contributed by atoms with van der Waals surface area (Å²) >= 11 is 0. The van der Waals surface area contributed by atoms with Gasteiger partial charge in [-0.05, 0) is 26.7 Å². The molecule has 0 amide bonds. The van der Waals surface area contributed by atoms with E-state index in [9.17, 15) is 9.59 Å². The molecule has 0 aromatic heterocycles. The molecule has 0 aromatic carbocycles. The van der Waals surface area contributed by atoms with Crippen molar-refractivity contribution in [1.29, 1.82) is 0 Å². The number of ether oxygens (including phenoxy) is 2.